The van der Waals surface area contributed by atoms with Gasteiger partial charge < -0.3 is 10.0 Å². The Hall–Kier alpha value is -1.27. The molecule has 17 heavy (non-hydrogen) atoms. The maximum absolute atomic E-state index is 10.8. The molecule has 0 atom stereocenters. The monoisotopic (exact) mass is 257 g/mol. The predicted octanol–water partition coefficient (Wildman–Crippen LogP) is 0.731. The molecule has 1 aromatic rings. The van der Waals surface area contributed by atoms with Gasteiger partial charge in [0.05, 0.1) is 12.9 Å². The number of anilines is 1. The first-order chi connectivity index (χ1) is 7.96. The standard InChI is InChI=1S/C11H15NO4S/c1-17(14,15)16-7-6-12-5-4-9-2-3-10(13)8-11(9)12/h2-3,8,13H,4-7H2,1H3. The predicted molar refractivity (Wildman–Crippen MR) is 64.8 cm³/mol. The van der Waals surface area contributed by atoms with Crippen LogP contribution in [-0.2, 0) is 20.7 Å². The summed E-state index contributed by atoms with van der Waals surface area (Å²) in [4.78, 5) is 2.01. The molecule has 0 saturated heterocycles. The van der Waals surface area contributed by atoms with Crippen molar-refractivity contribution >= 4 is 15.8 Å². The molecule has 5 nitrogen and oxygen atoms in total. The first kappa shape index (κ1) is 12.2. The average Bonchev–Trinajstić information content (AvgIpc) is 2.59. The van der Waals surface area contributed by atoms with Gasteiger partial charge in [-0.3, -0.25) is 4.18 Å². The number of hydrogen-bond acceptors (Lipinski definition) is 5. The first-order valence-corrected chi connectivity index (χ1v) is 7.18. The second-order valence-corrected chi connectivity index (χ2v) is 5.72. The molecule has 0 unspecified atom stereocenters. The van der Waals surface area contributed by atoms with E-state index in [-0.39, 0.29) is 12.4 Å². The van der Waals surface area contributed by atoms with Crippen LogP contribution in [0.4, 0.5) is 5.69 Å². The van der Waals surface area contributed by atoms with Gasteiger partial charge in [0.15, 0.2) is 0 Å². The highest BCUT2D eigenvalue weighted by Gasteiger charge is 2.19. The van der Waals surface area contributed by atoms with Gasteiger partial charge in [-0.15, -0.1) is 0 Å². The fourth-order valence-corrected chi connectivity index (χ4v) is 2.34. The van der Waals surface area contributed by atoms with Crippen molar-refractivity contribution in [3.63, 3.8) is 0 Å². The van der Waals surface area contributed by atoms with Gasteiger partial charge in [0.1, 0.15) is 5.75 Å². The molecule has 0 saturated carbocycles. The maximum Gasteiger partial charge on any atom is 0.264 e. The summed E-state index contributed by atoms with van der Waals surface area (Å²) in [6.07, 6.45) is 1.95. The van der Waals surface area contributed by atoms with Crippen LogP contribution in [0.25, 0.3) is 0 Å². The lowest BCUT2D eigenvalue weighted by atomic mass is 10.1. The van der Waals surface area contributed by atoms with E-state index in [2.05, 4.69) is 0 Å². The molecule has 1 aromatic carbocycles. The number of hydrogen-bond donors (Lipinski definition) is 1. The molecule has 1 aliphatic rings. The highest BCUT2D eigenvalue weighted by Crippen LogP contribution is 2.30. The fraction of sp³-hybridized carbons (Fsp3) is 0.455. The molecule has 0 fully saturated rings. The van der Waals surface area contributed by atoms with Crippen molar-refractivity contribution in [3.05, 3.63) is 23.8 Å². The number of fused-ring (bicyclic) bond motifs is 1. The van der Waals surface area contributed by atoms with Crippen molar-refractivity contribution in [1.82, 2.24) is 0 Å². The summed E-state index contributed by atoms with van der Waals surface area (Å²) in [5, 5.41) is 9.42. The summed E-state index contributed by atoms with van der Waals surface area (Å²) in [5.41, 5.74) is 2.13. The Morgan fingerprint density at radius 1 is 1.47 bits per heavy atom. The lowest BCUT2D eigenvalue weighted by Crippen LogP contribution is -2.26. The smallest absolute Gasteiger partial charge is 0.264 e. The third-order valence-electron chi connectivity index (χ3n) is 2.72. The number of nitrogens with zero attached hydrogens (tertiary/aromatic N) is 1. The molecular formula is C11H15NO4S. The van der Waals surface area contributed by atoms with Gasteiger partial charge in [-0.2, -0.15) is 8.42 Å². The first-order valence-electron chi connectivity index (χ1n) is 5.37. The van der Waals surface area contributed by atoms with E-state index in [9.17, 15) is 13.5 Å². The van der Waals surface area contributed by atoms with Crippen molar-refractivity contribution in [1.29, 1.82) is 0 Å². The zero-order valence-electron chi connectivity index (χ0n) is 9.59. The minimum atomic E-state index is -3.38. The van der Waals surface area contributed by atoms with Crippen molar-refractivity contribution in [2.24, 2.45) is 0 Å². The maximum atomic E-state index is 10.8. The van der Waals surface area contributed by atoms with Crippen LogP contribution in [0.1, 0.15) is 5.56 Å². The van der Waals surface area contributed by atoms with Crippen LogP contribution in [0.2, 0.25) is 0 Å². The number of phenols is 1. The third kappa shape index (κ3) is 3.10. The number of phenolic OH excluding ortho intramolecular Hbond substituents is 1. The van der Waals surface area contributed by atoms with Crippen molar-refractivity contribution < 1.29 is 17.7 Å². The Kier molecular flexibility index (Phi) is 3.26. The molecular weight excluding hydrogens is 242 g/mol. The minimum absolute atomic E-state index is 0.133. The SMILES string of the molecule is CS(=O)(=O)OCCN1CCc2ccc(O)cc21. The van der Waals surface area contributed by atoms with Crippen LogP contribution in [0.15, 0.2) is 18.2 Å². The van der Waals surface area contributed by atoms with Crippen LogP contribution >= 0.6 is 0 Å². The Balaban J connectivity index is 2.00. The lowest BCUT2D eigenvalue weighted by molar-refractivity contribution is 0.328. The molecule has 2 rings (SSSR count). The number of rotatable bonds is 4. The minimum Gasteiger partial charge on any atom is -0.508 e. The number of benzene rings is 1. The number of aromatic hydroxyl groups is 1. The molecule has 0 spiro atoms. The van der Waals surface area contributed by atoms with Gasteiger partial charge >= 0.3 is 0 Å². The van der Waals surface area contributed by atoms with Crippen molar-refractivity contribution in [2.75, 3.05) is 30.9 Å². The molecule has 94 valence electrons. The van der Waals surface area contributed by atoms with Crippen LogP contribution < -0.4 is 4.90 Å². The second kappa shape index (κ2) is 4.54. The Morgan fingerprint density at radius 3 is 2.94 bits per heavy atom. The van der Waals surface area contributed by atoms with E-state index in [1.54, 1.807) is 12.1 Å². The Bertz CT molecular complexity index is 512. The zero-order valence-corrected chi connectivity index (χ0v) is 10.4. The Labute approximate surface area is 101 Å². The zero-order chi connectivity index (χ0) is 12.5. The lowest BCUT2D eigenvalue weighted by Gasteiger charge is -2.18. The normalized spacial score (nSPS) is 15.0. The van der Waals surface area contributed by atoms with Gasteiger partial charge in [-0.1, -0.05) is 6.07 Å². The summed E-state index contributed by atoms with van der Waals surface area (Å²) in [5.74, 6) is 0.222. The van der Waals surface area contributed by atoms with Crippen LogP contribution in [0, 0.1) is 0 Å². The van der Waals surface area contributed by atoms with E-state index in [0.29, 0.717) is 6.54 Å². The highest BCUT2D eigenvalue weighted by atomic mass is 32.2. The topological polar surface area (TPSA) is 66.8 Å². The van der Waals surface area contributed by atoms with E-state index in [1.807, 2.05) is 11.0 Å². The molecule has 0 radical (unpaired) electrons. The van der Waals surface area contributed by atoms with Crippen LogP contribution in [0.3, 0.4) is 0 Å². The highest BCUT2D eigenvalue weighted by molar-refractivity contribution is 7.85. The Morgan fingerprint density at radius 2 is 2.24 bits per heavy atom. The van der Waals surface area contributed by atoms with E-state index < -0.39 is 10.1 Å². The molecule has 0 aliphatic carbocycles. The van der Waals surface area contributed by atoms with Gasteiger partial charge in [0, 0.05) is 24.8 Å². The van der Waals surface area contributed by atoms with Crippen molar-refractivity contribution in [2.45, 2.75) is 6.42 Å². The van der Waals surface area contributed by atoms with Gasteiger partial charge in [-0.25, -0.2) is 0 Å². The van der Waals surface area contributed by atoms with E-state index in [0.717, 1.165) is 24.9 Å². The van der Waals surface area contributed by atoms with Gasteiger partial charge in [0.25, 0.3) is 10.1 Å². The summed E-state index contributed by atoms with van der Waals surface area (Å²) in [7, 11) is -3.38. The molecule has 1 N–H and O–H groups in total. The molecule has 1 aliphatic heterocycles. The van der Waals surface area contributed by atoms with E-state index in [4.69, 9.17) is 4.18 Å². The third-order valence-corrected chi connectivity index (χ3v) is 3.31. The molecule has 6 heteroatoms. The molecule has 1 heterocycles. The van der Waals surface area contributed by atoms with E-state index in [1.165, 1.54) is 5.56 Å². The summed E-state index contributed by atoms with van der Waals surface area (Å²) < 4.78 is 26.4. The molecule has 0 aromatic heterocycles. The average molecular weight is 257 g/mol. The summed E-state index contributed by atoms with van der Waals surface area (Å²) in [6.45, 7) is 1.46. The molecule has 0 amide bonds. The largest absolute Gasteiger partial charge is 0.508 e. The van der Waals surface area contributed by atoms with Crippen molar-refractivity contribution in [3.8, 4) is 5.75 Å². The second-order valence-electron chi connectivity index (χ2n) is 4.08. The van der Waals surface area contributed by atoms with Gasteiger partial charge in [-0.05, 0) is 18.1 Å². The van der Waals surface area contributed by atoms with E-state index >= 15 is 0 Å². The summed E-state index contributed by atoms with van der Waals surface area (Å²) >= 11 is 0. The quantitative estimate of drug-likeness (QED) is 0.805. The van der Waals surface area contributed by atoms with Crippen LogP contribution in [-0.4, -0.2) is 39.5 Å². The van der Waals surface area contributed by atoms with Gasteiger partial charge in [0.2, 0.25) is 0 Å². The summed E-state index contributed by atoms with van der Waals surface area (Å²) in [6, 6.07) is 5.25. The fourth-order valence-electron chi connectivity index (χ4n) is 1.96. The van der Waals surface area contributed by atoms with Crippen LogP contribution in [0.5, 0.6) is 5.75 Å². The molecule has 0 bridgehead atoms.